The van der Waals surface area contributed by atoms with Crippen molar-refractivity contribution in [2.45, 2.75) is 25.8 Å². The fraction of sp³-hybridized carbons (Fsp3) is 0.312. The molecule has 2 N–H and O–H groups in total. The number of carboxylic acid groups (broad SMARTS) is 1. The van der Waals surface area contributed by atoms with Crippen molar-refractivity contribution in [2.24, 2.45) is 5.92 Å². The summed E-state index contributed by atoms with van der Waals surface area (Å²) in [6.45, 7) is 1.94. The number of nitrogens with zero attached hydrogens (tertiary/aromatic N) is 1. The first-order valence-electron chi connectivity index (χ1n) is 7.09. The fourth-order valence-electron chi connectivity index (χ4n) is 2.52. The van der Waals surface area contributed by atoms with Crippen LogP contribution >= 0.6 is 11.3 Å². The molecule has 0 bridgehead atoms. The molecule has 0 atom stereocenters. The Labute approximate surface area is 132 Å². The molecule has 0 spiro atoms. The van der Waals surface area contributed by atoms with E-state index in [9.17, 15) is 9.59 Å². The van der Waals surface area contributed by atoms with Crippen LogP contribution in [-0.4, -0.2) is 28.0 Å². The molecule has 1 fully saturated rings. The lowest BCUT2D eigenvalue weighted by molar-refractivity contribution is -0.145. The van der Waals surface area contributed by atoms with E-state index in [-0.39, 0.29) is 17.9 Å². The molecule has 0 aliphatic heterocycles. The number of carbonyl (C=O) groups excluding carboxylic acids is 1. The van der Waals surface area contributed by atoms with Gasteiger partial charge in [0.1, 0.15) is 0 Å². The molecule has 114 valence electrons. The summed E-state index contributed by atoms with van der Waals surface area (Å²) in [6, 6.07) is 7.29. The number of carboxylic acids is 1. The third-order valence-corrected chi connectivity index (χ3v) is 4.64. The predicted octanol–water partition coefficient (Wildman–Crippen LogP) is 2.71. The molecule has 0 unspecified atom stereocenters. The van der Waals surface area contributed by atoms with Crippen LogP contribution in [0.2, 0.25) is 0 Å². The van der Waals surface area contributed by atoms with Gasteiger partial charge in [-0.25, -0.2) is 4.98 Å². The Balaban J connectivity index is 1.67. The van der Waals surface area contributed by atoms with Crippen molar-refractivity contribution in [3.63, 3.8) is 0 Å². The van der Waals surface area contributed by atoms with Crippen LogP contribution in [0.5, 0.6) is 0 Å². The number of rotatable bonds is 4. The number of hydrogen-bond acceptors (Lipinski definition) is 4. The lowest BCUT2D eigenvalue weighted by atomic mass is 9.80. The molecule has 1 aromatic heterocycles. The number of benzene rings is 1. The maximum atomic E-state index is 12.2. The number of aliphatic carboxylic acids is 1. The molecule has 3 rings (SSSR count). The molecule has 0 saturated heterocycles. The quantitative estimate of drug-likeness (QED) is 0.909. The first-order chi connectivity index (χ1) is 10.5. The minimum atomic E-state index is -0.786. The van der Waals surface area contributed by atoms with Gasteiger partial charge in [0.05, 0.1) is 16.6 Å². The van der Waals surface area contributed by atoms with Gasteiger partial charge in [-0.15, -0.1) is 11.3 Å². The second-order valence-corrected chi connectivity index (χ2v) is 6.57. The summed E-state index contributed by atoms with van der Waals surface area (Å²) < 4.78 is 0. The van der Waals surface area contributed by atoms with Crippen molar-refractivity contribution < 1.29 is 14.7 Å². The number of hydrogen-bond donors (Lipinski definition) is 2. The van der Waals surface area contributed by atoms with Crippen LogP contribution in [-0.2, 0) is 4.79 Å². The summed E-state index contributed by atoms with van der Waals surface area (Å²) in [5.41, 5.74) is 2.35. The molecule has 22 heavy (non-hydrogen) atoms. The molecule has 1 aromatic carbocycles. The summed E-state index contributed by atoms with van der Waals surface area (Å²) in [6.07, 6.45) is 1.01. The highest BCUT2D eigenvalue weighted by molar-refractivity contribution is 7.09. The van der Waals surface area contributed by atoms with E-state index in [1.54, 1.807) is 17.4 Å². The van der Waals surface area contributed by atoms with Crippen LogP contribution in [0.15, 0.2) is 29.6 Å². The number of carbonyl (C=O) groups is 2. The van der Waals surface area contributed by atoms with Crippen LogP contribution < -0.4 is 5.32 Å². The van der Waals surface area contributed by atoms with Gasteiger partial charge in [0.2, 0.25) is 0 Å². The average Bonchev–Trinajstić information content (AvgIpc) is 2.88. The Morgan fingerprint density at radius 1 is 1.36 bits per heavy atom. The van der Waals surface area contributed by atoms with Crippen LogP contribution in [0.3, 0.4) is 0 Å². The maximum Gasteiger partial charge on any atom is 0.306 e. The van der Waals surface area contributed by atoms with Crippen LogP contribution in [0.4, 0.5) is 0 Å². The van der Waals surface area contributed by atoms with Gasteiger partial charge in [-0.05, 0) is 31.9 Å². The zero-order valence-electron chi connectivity index (χ0n) is 12.1. The number of aryl methyl sites for hydroxylation is 1. The lowest BCUT2D eigenvalue weighted by Gasteiger charge is -2.32. The zero-order chi connectivity index (χ0) is 15.7. The third kappa shape index (κ3) is 3.01. The van der Waals surface area contributed by atoms with E-state index in [0.29, 0.717) is 18.4 Å². The highest BCUT2D eigenvalue weighted by atomic mass is 32.1. The minimum Gasteiger partial charge on any atom is -0.481 e. The summed E-state index contributed by atoms with van der Waals surface area (Å²) in [5, 5.41) is 14.7. The van der Waals surface area contributed by atoms with Crippen LogP contribution in [0.1, 0.15) is 28.2 Å². The van der Waals surface area contributed by atoms with Crippen LogP contribution in [0.25, 0.3) is 11.3 Å². The second kappa shape index (κ2) is 5.88. The summed E-state index contributed by atoms with van der Waals surface area (Å²) in [4.78, 5) is 27.4. The van der Waals surface area contributed by atoms with E-state index >= 15 is 0 Å². The van der Waals surface area contributed by atoms with Crippen molar-refractivity contribution in [1.82, 2.24) is 10.3 Å². The molecule has 1 heterocycles. The zero-order valence-corrected chi connectivity index (χ0v) is 12.9. The van der Waals surface area contributed by atoms with Gasteiger partial charge in [0.15, 0.2) is 0 Å². The van der Waals surface area contributed by atoms with E-state index in [0.717, 1.165) is 16.3 Å². The molecule has 1 saturated carbocycles. The lowest BCUT2D eigenvalue weighted by Crippen LogP contribution is -2.46. The second-order valence-electron chi connectivity index (χ2n) is 5.51. The molecule has 2 aromatic rings. The largest absolute Gasteiger partial charge is 0.481 e. The average molecular weight is 316 g/mol. The summed E-state index contributed by atoms with van der Waals surface area (Å²) in [5.74, 6) is -1.27. The summed E-state index contributed by atoms with van der Waals surface area (Å²) in [7, 11) is 0. The minimum absolute atomic E-state index is 0.0428. The Hall–Kier alpha value is -2.21. The molecule has 1 aliphatic carbocycles. The van der Waals surface area contributed by atoms with E-state index in [2.05, 4.69) is 10.3 Å². The fourth-order valence-corrected chi connectivity index (χ4v) is 3.14. The topological polar surface area (TPSA) is 79.3 Å². The molecule has 5 nitrogen and oxygen atoms in total. The van der Waals surface area contributed by atoms with Crippen molar-refractivity contribution in [1.29, 1.82) is 0 Å². The van der Waals surface area contributed by atoms with Gasteiger partial charge in [0.25, 0.3) is 5.91 Å². The van der Waals surface area contributed by atoms with Gasteiger partial charge in [0, 0.05) is 22.5 Å². The molecule has 1 aliphatic rings. The van der Waals surface area contributed by atoms with E-state index in [1.807, 2.05) is 30.5 Å². The molecule has 0 radical (unpaired) electrons. The van der Waals surface area contributed by atoms with E-state index < -0.39 is 5.97 Å². The Kier molecular flexibility index (Phi) is 3.94. The Bertz CT molecular complexity index is 720. The van der Waals surface area contributed by atoms with Gasteiger partial charge in [-0.1, -0.05) is 12.1 Å². The van der Waals surface area contributed by atoms with Gasteiger partial charge >= 0.3 is 5.97 Å². The van der Waals surface area contributed by atoms with E-state index in [4.69, 9.17) is 5.11 Å². The normalized spacial score (nSPS) is 20.2. The number of aromatic nitrogens is 1. The highest BCUT2D eigenvalue weighted by Gasteiger charge is 2.35. The predicted molar refractivity (Wildman–Crippen MR) is 83.9 cm³/mol. The van der Waals surface area contributed by atoms with Crippen molar-refractivity contribution in [2.75, 3.05) is 0 Å². The molecular weight excluding hydrogens is 300 g/mol. The van der Waals surface area contributed by atoms with Gasteiger partial charge in [-0.2, -0.15) is 0 Å². The standard InChI is InChI=1S/C16H16N2O3S/c1-9-17-14(8-22-9)10-3-2-4-11(5-10)15(19)18-13-6-12(7-13)16(20)21/h2-5,8,12-13H,6-7H2,1H3,(H,18,19)(H,20,21). The van der Waals surface area contributed by atoms with E-state index in [1.165, 1.54) is 0 Å². The molecule has 6 heteroatoms. The van der Waals surface area contributed by atoms with Gasteiger partial charge in [-0.3, -0.25) is 9.59 Å². The van der Waals surface area contributed by atoms with Gasteiger partial charge < -0.3 is 10.4 Å². The first-order valence-corrected chi connectivity index (χ1v) is 7.97. The van der Waals surface area contributed by atoms with Crippen LogP contribution in [0, 0.1) is 12.8 Å². The Morgan fingerprint density at radius 3 is 2.77 bits per heavy atom. The monoisotopic (exact) mass is 316 g/mol. The number of thiazole rings is 1. The SMILES string of the molecule is Cc1nc(-c2cccc(C(=O)NC3CC(C(=O)O)C3)c2)cs1. The smallest absolute Gasteiger partial charge is 0.306 e. The number of nitrogens with one attached hydrogen (secondary N) is 1. The first kappa shape index (κ1) is 14.7. The number of amides is 1. The third-order valence-electron chi connectivity index (χ3n) is 3.86. The van der Waals surface area contributed by atoms with Crippen molar-refractivity contribution >= 4 is 23.2 Å². The van der Waals surface area contributed by atoms with Crippen molar-refractivity contribution in [3.05, 3.63) is 40.2 Å². The maximum absolute atomic E-state index is 12.2. The molecule has 1 amide bonds. The molecular formula is C16H16N2O3S. The Morgan fingerprint density at radius 2 is 2.14 bits per heavy atom. The summed E-state index contributed by atoms with van der Waals surface area (Å²) >= 11 is 1.57. The van der Waals surface area contributed by atoms with Crippen molar-refractivity contribution in [3.8, 4) is 11.3 Å². The highest BCUT2D eigenvalue weighted by Crippen LogP contribution is 2.28.